The van der Waals surface area contributed by atoms with Crippen molar-refractivity contribution in [1.29, 1.82) is 0 Å². The number of phenols is 1. The molecule has 0 aliphatic heterocycles. The molecule has 0 aliphatic rings. The van der Waals surface area contributed by atoms with Gasteiger partial charge < -0.3 is 15.2 Å². The van der Waals surface area contributed by atoms with E-state index in [1.165, 1.54) is 0 Å². The van der Waals surface area contributed by atoms with E-state index in [1.54, 1.807) is 18.2 Å². The van der Waals surface area contributed by atoms with Gasteiger partial charge in [-0.2, -0.15) is 0 Å². The van der Waals surface area contributed by atoms with Gasteiger partial charge in [-0.1, -0.05) is 36.7 Å². The summed E-state index contributed by atoms with van der Waals surface area (Å²) in [6.45, 7) is 3.99. The van der Waals surface area contributed by atoms with Gasteiger partial charge in [-0.05, 0) is 36.4 Å². The molecular weight excluding hydrogens is 274 g/mol. The molecule has 20 heavy (non-hydrogen) atoms. The minimum Gasteiger partial charge on any atom is -0.508 e. The Balaban J connectivity index is 2.10. The van der Waals surface area contributed by atoms with Crippen LogP contribution in [0.4, 0.5) is 0 Å². The summed E-state index contributed by atoms with van der Waals surface area (Å²) < 4.78 is 5.82. The highest BCUT2D eigenvalue weighted by atomic mass is 35.5. The van der Waals surface area contributed by atoms with Crippen molar-refractivity contribution in [2.45, 2.75) is 20.1 Å². The number of phenolic OH excluding ortho intramolecular Hbond substituents is 1. The average molecular weight is 292 g/mol. The third kappa shape index (κ3) is 3.89. The fourth-order valence-corrected chi connectivity index (χ4v) is 2.14. The molecule has 0 radical (unpaired) electrons. The van der Waals surface area contributed by atoms with Crippen LogP contribution in [0, 0.1) is 0 Å². The monoisotopic (exact) mass is 291 g/mol. The molecule has 0 bridgehead atoms. The van der Waals surface area contributed by atoms with Crippen LogP contribution in [-0.2, 0) is 13.2 Å². The van der Waals surface area contributed by atoms with Gasteiger partial charge in [0.05, 0.1) is 0 Å². The third-order valence-electron chi connectivity index (χ3n) is 2.93. The van der Waals surface area contributed by atoms with E-state index < -0.39 is 0 Å². The third-order valence-corrected chi connectivity index (χ3v) is 3.29. The predicted octanol–water partition coefficient (Wildman–Crippen LogP) is 3.73. The van der Waals surface area contributed by atoms with Gasteiger partial charge in [-0.15, -0.1) is 0 Å². The standard InChI is InChI=1S/C16H18ClNO2/c1-2-18-10-14-15(17)7-4-8-16(14)20-11-12-5-3-6-13(19)9-12/h3-9,18-19H,2,10-11H2,1H3. The van der Waals surface area contributed by atoms with E-state index in [-0.39, 0.29) is 5.75 Å². The number of nitrogens with one attached hydrogen (secondary N) is 1. The van der Waals surface area contributed by atoms with Crippen LogP contribution in [0.1, 0.15) is 18.1 Å². The number of aromatic hydroxyl groups is 1. The van der Waals surface area contributed by atoms with E-state index in [2.05, 4.69) is 5.32 Å². The summed E-state index contributed by atoms with van der Waals surface area (Å²) in [6, 6.07) is 12.7. The molecule has 106 valence electrons. The summed E-state index contributed by atoms with van der Waals surface area (Å²) in [5.74, 6) is 1.01. The van der Waals surface area contributed by atoms with Crippen LogP contribution in [0.2, 0.25) is 5.02 Å². The molecule has 0 amide bonds. The number of halogens is 1. The van der Waals surface area contributed by atoms with Crippen LogP contribution in [0.25, 0.3) is 0 Å². The number of hydrogen-bond donors (Lipinski definition) is 2. The molecule has 0 aromatic heterocycles. The molecule has 0 spiro atoms. The number of ether oxygens (including phenoxy) is 1. The van der Waals surface area contributed by atoms with E-state index in [4.69, 9.17) is 16.3 Å². The highest BCUT2D eigenvalue weighted by molar-refractivity contribution is 6.31. The van der Waals surface area contributed by atoms with Crippen molar-refractivity contribution in [2.75, 3.05) is 6.54 Å². The summed E-state index contributed by atoms with van der Waals surface area (Å²) in [4.78, 5) is 0. The first-order chi connectivity index (χ1) is 9.70. The SMILES string of the molecule is CCNCc1c(Cl)cccc1OCc1cccc(O)c1. The van der Waals surface area contributed by atoms with Gasteiger partial charge >= 0.3 is 0 Å². The predicted molar refractivity (Wildman–Crippen MR) is 81.3 cm³/mol. The molecule has 0 fully saturated rings. The van der Waals surface area contributed by atoms with Gasteiger partial charge in [0.25, 0.3) is 0 Å². The first-order valence-electron chi connectivity index (χ1n) is 6.59. The van der Waals surface area contributed by atoms with Crippen LogP contribution in [0.3, 0.4) is 0 Å². The van der Waals surface area contributed by atoms with E-state index >= 15 is 0 Å². The smallest absolute Gasteiger partial charge is 0.125 e. The Morgan fingerprint density at radius 3 is 2.75 bits per heavy atom. The van der Waals surface area contributed by atoms with Gasteiger partial charge in [-0.3, -0.25) is 0 Å². The molecule has 0 aliphatic carbocycles. The Labute approximate surface area is 124 Å². The van der Waals surface area contributed by atoms with Crippen molar-refractivity contribution in [1.82, 2.24) is 5.32 Å². The normalized spacial score (nSPS) is 10.5. The Bertz CT molecular complexity index is 572. The van der Waals surface area contributed by atoms with Crippen LogP contribution in [0.15, 0.2) is 42.5 Å². The van der Waals surface area contributed by atoms with Crippen LogP contribution in [-0.4, -0.2) is 11.7 Å². The lowest BCUT2D eigenvalue weighted by Gasteiger charge is -2.13. The summed E-state index contributed by atoms with van der Waals surface area (Å²) >= 11 is 6.21. The zero-order valence-corrected chi connectivity index (χ0v) is 12.2. The molecule has 0 atom stereocenters. The average Bonchev–Trinajstić information content (AvgIpc) is 2.44. The number of rotatable bonds is 6. The molecule has 2 aromatic rings. The van der Waals surface area contributed by atoms with E-state index in [0.717, 1.165) is 23.4 Å². The maximum absolute atomic E-state index is 9.44. The second kappa shape index (κ2) is 7.17. The highest BCUT2D eigenvalue weighted by Crippen LogP contribution is 2.27. The molecule has 2 rings (SSSR count). The van der Waals surface area contributed by atoms with Gasteiger partial charge in [0.15, 0.2) is 0 Å². The summed E-state index contributed by atoms with van der Waals surface area (Å²) in [6.07, 6.45) is 0. The quantitative estimate of drug-likeness (QED) is 0.852. The molecule has 0 saturated heterocycles. The fraction of sp³-hybridized carbons (Fsp3) is 0.250. The second-order valence-electron chi connectivity index (χ2n) is 4.46. The van der Waals surface area contributed by atoms with E-state index in [0.29, 0.717) is 18.2 Å². The fourth-order valence-electron chi connectivity index (χ4n) is 1.90. The van der Waals surface area contributed by atoms with Gasteiger partial charge in [0.2, 0.25) is 0 Å². The molecule has 0 heterocycles. The van der Waals surface area contributed by atoms with E-state index in [9.17, 15) is 5.11 Å². The summed E-state index contributed by atoms with van der Waals surface area (Å²) in [5.41, 5.74) is 1.87. The first-order valence-corrected chi connectivity index (χ1v) is 6.97. The van der Waals surface area contributed by atoms with Gasteiger partial charge in [-0.25, -0.2) is 0 Å². The minimum atomic E-state index is 0.241. The van der Waals surface area contributed by atoms with Crippen molar-refractivity contribution in [3.8, 4) is 11.5 Å². The molecule has 2 N–H and O–H groups in total. The second-order valence-corrected chi connectivity index (χ2v) is 4.86. The Morgan fingerprint density at radius 2 is 2.00 bits per heavy atom. The maximum Gasteiger partial charge on any atom is 0.125 e. The molecule has 0 saturated carbocycles. The highest BCUT2D eigenvalue weighted by Gasteiger charge is 2.08. The Morgan fingerprint density at radius 1 is 1.20 bits per heavy atom. The zero-order valence-electron chi connectivity index (χ0n) is 11.4. The van der Waals surface area contributed by atoms with Crippen molar-refractivity contribution in [2.24, 2.45) is 0 Å². The lowest BCUT2D eigenvalue weighted by atomic mass is 10.2. The molecule has 4 heteroatoms. The van der Waals surface area contributed by atoms with Crippen LogP contribution in [0.5, 0.6) is 11.5 Å². The topological polar surface area (TPSA) is 41.5 Å². The molecule has 3 nitrogen and oxygen atoms in total. The van der Waals surface area contributed by atoms with Crippen molar-refractivity contribution < 1.29 is 9.84 Å². The summed E-state index contributed by atoms with van der Waals surface area (Å²) in [5, 5.41) is 13.4. The number of benzene rings is 2. The minimum absolute atomic E-state index is 0.241. The van der Waals surface area contributed by atoms with Crippen molar-refractivity contribution in [3.63, 3.8) is 0 Å². The molecule has 0 unspecified atom stereocenters. The van der Waals surface area contributed by atoms with Gasteiger partial charge in [0, 0.05) is 17.1 Å². The number of hydrogen-bond acceptors (Lipinski definition) is 3. The first kappa shape index (κ1) is 14.7. The maximum atomic E-state index is 9.44. The lowest BCUT2D eigenvalue weighted by molar-refractivity contribution is 0.301. The Kier molecular flexibility index (Phi) is 5.27. The van der Waals surface area contributed by atoms with Crippen molar-refractivity contribution >= 4 is 11.6 Å². The summed E-state index contributed by atoms with van der Waals surface area (Å²) in [7, 11) is 0. The van der Waals surface area contributed by atoms with Crippen LogP contribution >= 0.6 is 11.6 Å². The van der Waals surface area contributed by atoms with Crippen LogP contribution < -0.4 is 10.1 Å². The van der Waals surface area contributed by atoms with Crippen molar-refractivity contribution in [3.05, 3.63) is 58.6 Å². The molecular formula is C16H18ClNO2. The molecule has 2 aromatic carbocycles. The Hall–Kier alpha value is -1.71. The largest absolute Gasteiger partial charge is 0.508 e. The van der Waals surface area contributed by atoms with E-state index in [1.807, 2.05) is 31.2 Å². The lowest BCUT2D eigenvalue weighted by Crippen LogP contribution is -2.13. The zero-order chi connectivity index (χ0) is 14.4. The van der Waals surface area contributed by atoms with Gasteiger partial charge in [0.1, 0.15) is 18.1 Å².